The SMILES string of the molecule is CCNC(=NCc1cc(F)ccc1F)NCc1coc(-c2ccc(C)cc2)n1.I. The summed E-state index contributed by atoms with van der Waals surface area (Å²) in [4.78, 5) is 8.77. The maximum Gasteiger partial charge on any atom is 0.226 e. The molecule has 0 spiro atoms. The molecule has 2 aromatic carbocycles. The number of aryl methyl sites for hydroxylation is 1. The Hall–Kier alpha value is -2.49. The average Bonchev–Trinajstić information content (AvgIpc) is 3.16. The maximum atomic E-state index is 13.7. The Morgan fingerprint density at radius 2 is 1.86 bits per heavy atom. The molecule has 1 heterocycles. The highest BCUT2D eigenvalue weighted by Gasteiger charge is 2.08. The first-order valence-corrected chi connectivity index (χ1v) is 9.02. The summed E-state index contributed by atoms with van der Waals surface area (Å²) in [6.07, 6.45) is 1.58. The first kappa shape index (κ1) is 22.8. The van der Waals surface area contributed by atoms with Crippen molar-refractivity contribution in [1.29, 1.82) is 0 Å². The highest BCUT2D eigenvalue weighted by Crippen LogP contribution is 2.19. The van der Waals surface area contributed by atoms with Gasteiger partial charge in [-0.05, 0) is 44.2 Å². The van der Waals surface area contributed by atoms with Crippen LogP contribution in [0.15, 0.2) is 58.1 Å². The van der Waals surface area contributed by atoms with E-state index >= 15 is 0 Å². The number of aromatic nitrogens is 1. The van der Waals surface area contributed by atoms with Crippen molar-refractivity contribution >= 4 is 29.9 Å². The Labute approximate surface area is 185 Å². The maximum absolute atomic E-state index is 13.7. The zero-order chi connectivity index (χ0) is 19.9. The van der Waals surface area contributed by atoms with Gasteiger partial charge < -0.3 is 15.1 Å². The first-order chi connectivity index (χ1) is 13.5. The molecule has 0 unspecified atom stereocenters. The number of hydrogen-bond donors (Lipinski definition) is 2. The molecule has 5 nitrogen and oxygen atoms in total. The normalized spacial score (nSPS) is 11.1. The second kappa shape index (κ2) is 10.9. The van der Waals surface area contributed by atoms with Crippen molar-refractivity contribution in [2.45, 2.75) is 26.9 Å². The van der Waals surface area contributed by atoms with E-state index in [0.29, 0.717) is 30.6 Å². The van der Waals surface area contributed by atoms with E-state index in [-0.39, 0.29) is 36.1 Å². The van der Waals surface area contributed by atoms with Crippen LogP contribution in [-0.2, 0) is 13.1 Å². The van der Waals surface area contributed by atoms with Crippen molar-refractivity contribution in [1.82, 2.24) is 15.6 Å². The van der Waals surface area contributed by atoms with Crippen LogP contribution < -0.4 is 10.6 Å². The zero-order valence-corrected chi connectivity index (χ0v) is 18.5. The highest BCUT2D eigenvalue weighted by molar-refractivity contribution is 14.0. The number of nitrogens with one attached hydrogen (secondary N) is 2. The zero-order valence-electron chi connectivity index (χ0n) is 16.2. The smallest absolute Gasteiger partial charge is 0.226 e. The Morgan fingerprint density at radius 3 is 2.59 bits per heavy atom. The number of oxazole rings is 1. The van der Waals surface area contributed by atoms with Crippen molar-refractivity contribution in [3.05, 3.63) is 77.2 Å². The van der Waals surface area contributed by atoms with E-state index in [4.69, 9.17) is 4.42 Å². The van der Waals surface area contributed by atoms with Crippen LogP contribution in [0.1, 0.15) is 23.7 Å². The van der Waals surface area contributed by atoms with Crippen LogP contribution in [0.3, 0.4) is 0 Å². The summed E-state index contributed by atoms with van der Waals surface area (Å²) in [7, 11) is 0. The molecule has 0 amide bonds. The lowest BCUT2D eigenvalue weighted by molar-refractivity contribution is 0.572. The van der Waals surface area contributed by atoms with Gasteiger partial charge in [-0.1, -0.05) is 17.7 Å². The quantitative estimate of drug-likeness (QED) is 0.283. The fourth-order valence-electron chi connectivity index (χ4n) is 2.56. The van der Waals surface area contributed by atoms with Crippen LogP contribution in [-0.4, -0.2) is 17.5 Å². The minimum atomic E-state index is -0.490. The third-order valence-electron chi connectivity index (χ3n) is 4.05. The van der Waals surface area contributed by atoms with Gasteiger partial charge in [0.25, 0.3) is 0 Å². The van der Waals surface area contributed by atoms with Gasteiger partial charge in [0.05, 0.1) is 18.8 Å². The van der Waals surface area contributed by atoms with Crippen LogP contribution in [0.4, 0.5) is 8.78 Å². The van der Waals surface area contributed by atoms with Crippen LogP contribution in [0, 0.1) is 18.6 Å². The lowest BCUT2D eigenvalue weighted by atomic mass is 10.1. The molecule has 0 aliphatic rings. The standard InChI is InChI=1S/C21H22F2N4O.HI/c1-3-24-21(25-11-16-10-17(22)8-9-19(16)23)26-12-18-13-28-20(27-18)15-6-4-14(2)5-7-15;/h4-10,13H,3,11-12H2,1-2H3,(H2,24,25,26);1H. The van der Waals surface area contributed by atoms with E-state index in [1.807, 2.05) is 38.1 Å². The molecule has 0 aliphatic heterocycles. The number of benzene rings is 2. The van der Waals surface area contributed by atoms with E-state index in [0.717, 1.165) is 23.8 Å². The number of nitrogens with zero attached hydrogens (tertiary/aromatic N) is 2. The van der Waals surface area contributed by atoms with Gasteiger partial charge in [0.2, 0.25) is 5.89 Å². The lowest BCUT2D eigenvalue weighted by Crippen LogP contribution is -2.36. The highest BCUT2D eigenvalue weighted by atomic mass is 127. The number of hydrogen-bond acceptors (Lipinski definition) is 3. The van der Waals surface area contributed by atoms with E-state index in [2.05, 4.69) is 20.6 Å². The largest absolute Gasteiger partial charge is 0.444 e. The molecule has 1 aromatic heterocycles. The van der Waals surface area contributed by atoms with Crippen molar-refractivity contribution in [2.24, 2.45) is 4.99 Å². The summed E-state index contributed by atoms with van der Waals surface area (Å²) in [5, 5.41) is 6.18. The van der Waals surface area contributed by atoms with Gasteiger partial charge in [-0.3, -0.25) is 0 Å². The van der Waals surface area contributed by atoms with Crippen LogP contribution >= 0.6 is 24.0 Å². The second-order valence-corrected chi connectivity index (χ2v) is 6.29. The molecule has 0 aliphatic carbocycles. The number of guanidine groups is 1. The third kappa shape index (κ3) is 6.52. The molecule has 3 rings (SSSR count). The molecule has 0 saturated heterocycles. The van der Waals surface area contributed by atoms with Crippen LogP contribution in [0.5, 0.6) is 0 Å². The van der Waals surface area contributed by atoms with Gasteiger partial charge in [-0.25, -0.2) is 18.8 Å². The molecule has 154 valence electrons. The molecule has 0 fully saturated rings. The number of rotatable bonds is 6. The minimum absolute atomic E-state index is 0. The van der Waals surface area contributed by atoms with Gasteiger partial charge >= 0.3 is 0 Å². The van der Waals surface area contributed by atoms with E-state index < -0.39 is 11.6 Å². The third-order valence-corrected chi connectivity index (χ3v) is 4.05. The topological polar surface area (TPSA) is 62.5 Å². The number of aliphatic imine (C=N–C) groups is 1. The first-order valence-electron chi connectivity index (χ1n) is 9.02. The van der Waals surface area contributed by atoms with Crippen molar-refractivity contribution < 1.29 is 13.2 Å². The summed E-state index contributed by atoms with van der Waals surface area (Å²) < 4.78 is 32.6. The molecule has 29 heavy (non-hydrogen) atoms. The molecular weight excluding hydrogens is 489 g/mol. The van der Waals surface area contributed by atoms with Crippen molar-refractivity contribution in [3.8, 4) is 11.5 Å². The predicted molar refractivity (Wildman–Crippen MR) is 120 cm³/mol. The summed E-state index contributed by atoms with van der Waals surface area (Å²) >= 11 is 0. The van der Waals surface area contributed by atoms with Gasteiger partial charge in [-0.15, -0.1) is 24.0 Å². The van der Waals surface area contributed by atoms with Gasteiger partial charge in [0, 0.05) is 17.7 Å². The second-order valence-electron chi connectivity index (χ2n) is 6.29. The summed E-state index contributed by atoms with van der Waals surface area (Å²) in [6.45, 7) is 4.97. The van der Waals surface area contributed by atoms with E-state index in [1.54, 1.807) is 6.26 Å². The van der Waals surface area contributed by atoms with Crippen molar-refractivity contribution in [2.75, 3.05) is 6.54 Å². The fourth-order valence-corrected chi connectivity index (χ4v) is 2.56. The molecular formula is C21H23F2IN4O. The van der Waals surface area contributed by atoms with Crippen molar-refractivity contribution in [3.63, 3.8) is 0 Å². The average molecular weight is 512 g/mol. The van der Waals surface area contributed by atoms with E-state index in [1.165, 1.54) is 5.56 Å². The van der Waals surface area contributed by atoms with E-state index in [9.17, 15) is 8.78 Å². The van der Waals surface area contributed by atoms with Gasteiger partial charge in [-0.2, -0.15) is 0 Å². The van der Waals surface area contributed by atoms with Gasteiger partial charge in [0.1, 0.15) is 17.9 Å². The minimum Gasteiger partial charge on any atom is -0.444 e. The molecule has 0 atom stereocenters. The summed E-state index contributed by atoms with van der Waals surface area (Å²) in [6, 6.07) is 11.2. The predicted octanol–water partition coefficient (Wildman–Crippen LogP) is 4.80. The molecule has 0 radical (unpaired) electrons. The lowest BCUT2D eigenvalue weighted by Gasteiger charge is -2.10. The molecule has 0 bridgehead atoms. The number of halogens is 3. The molecule has 2 N–H and O–H groups in total. The molecule has 3 aromatic rings. The Kier molecular flexibility index (Phi) is 8.56. The molecule has 8 heteroatoms. The monoisotopic (exact) mass is 512 g/mol. The Bertz CT molecular complexity index is 958. The molecule has 0 saturated carbocycles. The summed E-state index contributed by atoms with van der Waals surface area (Å²) in [5.74, 6) is 0.0441. The Balaban J connectivity index is 0.00000300. The van der Waals surface area contributed by atoms with Crippen LogP contribution in [0.25, 0.3) is 11.5 Å². The fraction of sp³-hybridized carbons (Fsp3) is 0.238. The summed E-state index contributed by atoms with van der Waals surface area (Å²) in [5.41, 5.74) is 2.97. The Morgan fingerprint density at radius 1 is 1.10 bits per heavy atom. The van der Waals surface area contributed by atoms with Crippen LogP contribution in [0.2, 0.25) is 0 Å². The van der Waals surface area contributed by atoms with Gasteiger partial charge in [0.15, 0.2) is 5.96 Å².